The molecule has 1 aliphatic heterocycles. The number of benzene rings is 6. The van der Waals surface area contributed by atoms with E-state index in [0.29, 0.717) is 6.42 Å². The van der Waals surface area contributed by atoms with E-state index in [1.807, 2.05) is 25.2 Å². The van der Waals surface area contributed by atoms with E-state index >= 15 is 0 Å². The molecule has 2 heteroatoms. The maximum atomic E-state index is 5.28. The molecule has 0 saturated carbocycles. The van der Waals surface area contributed by atoms with Gasteiger partial charge in [-0.3, -0.25) is 4.99 Å². The van der Waals surface area contributed by atoms with Crippen LogP contribution < -0.4 is 0 Å². The second kappa shape index (κ2) is 13.6. The summed E-state index contributed by atoms with van der Waals surface area (Å²) in [6.07, 6.45) is 8.80. The Bertz CT molecular complexity index is 2180. The Kier molecular flexibility index (Phi) is 8.66. The van der Waals surface area contributed by atoms with Gasteiger partial charge >= 0.3 is 0 Å². The summed E-state index contributed by atoms with van der Waals surface area (Å²) >= 11 is 0. The fraction of sp³-hybridized carbons (Fsp3) is 0.0667. The van der Waals surface area contributed by atoms with E-state index in [2.05, 4.69) is 158 Å². The van der Waals surface area contributed by atoms with Crippen molar-refractivity contribution in [3.63, 3.8) is 0 Å². The number of allylic oxidation sites excluding steroid dienone is 5. The number of aliphatic imine (C=N–C) groups is 2. The van der Waals surface area contributed by atoms with Crippen LogP contribution in [0.2, 0.25) is 0 Å². The molecule has 1 atom stereocenters. The third-order valence-electron chi connectivity index (χ3n) is 8.73. The van der Waals surface area contributed by atoms with Gasteiger partial charge in [0.05, 0.1) is 11.8 Å². The van der Waals surface area contributed by atoms with Gasteiger partial charge in [-0.05, 0) is 80.4 Å². The Labute approximate surface area is 277 Å². The molecule has 1 unspecified atom stereocenters. The van der Waals surface area contributed by atoms with E-state index in [4.69, 9.17) is 9.98 Å². The summed E-state index contributed by atoms with van der Waals surface area (Å²) in [6.45, 7) is 6.09. The van der Waals surface area contributed by atoms with Crippen molar-refractivity contribution in [1.29, 1.82) is 0 Å². The third-order valence-corrected chi connectivity index (χ3v) is 8.73. The fourth-order valence-corrected chi connectivity index (χ4v) is 6.19. The summed E-state index contributed by atoms with van der Waals surface area (Å²) in [5, 5.41) is 2.48. The van der Waals surface area contributed by atoms with Crippen molar-refractivity contribution in [3.8, 4) is 22.3 Å². The lowest BCUT2D eigenvalue weighted by atomic mass is 9.92. The van der Waals surface area contributed by atoms with Gasteiger partial charge in [0.2, 0.25) is 0 Å². The zero-order valence-electron chi connectivity index (χ0n) is 26.6. The van der Waals surface area contributed by atoms with Crippen molar-refractivity contribution in [2.45, 2.75) is 19.4 Å². The molecule has 0 radical (unpaired) electrons. The summed E-state index contributed by atoms with van der Waals surface area (Å²) in [6, 6.07) is 51.6. The average Bonchev–Trinajstić information content (AvgIpc) is 3.15. The normalized spacial score (nSPS) is 15.0. The molecule has 0 N–H and O–H groups in total. The maximum Gasteiger partial charge on any atom is 0.155 e. The quantitative estimate of drug-likeness (QED) is 0.154. The Morgan fingerprint density at radius 2 is 1.28 bits per heavy atom. The molecular weight excluding hydrogens is 569 g/mol. The summed E-state index contributed by atoms with van der Waals surface area (Å²) in [4.78, 5) is 10.5. The fourth-order valence-electron chi connectivity index (χ4n) is 6.19. The molecule has 7 rings (SSSR count). The largest absolute Gasteiger partial charge is 0.258 e. The number of nitrogens with zero attached hydrogens (tertiary/aromatic N) is 2. The summed E-state index contributed by atoms with van der Waals surface area (Å²) in [5.41, 5.74) is 11.3. The van der Waals surface area contributed by atoms with Crippen LogP contribution in [0, 0.1) is 0 Å². The molecule has 6 aromatic carbocycles. The van der Waals surface area contributed by atoms with Crippen molar-refractivity contribution >= 4 is 27.9 Å². The Hall–Kier alpha value is -5.86. The minimum Gasteiger partial charge on any atom is -0.258 e. The first-order chi connectivity index (χ1) is 23.2. The molecule has 0 bridgehead atoms. The Morgan fingerprint density at radius 3 is 2.09 bits per heavy atom. The van der Waals surface area contributed by atoms with Gasteiger partial charge < -0.3 is 0 Å². The molecule has 0 amide bonds. The van der Waals surface area contributed by atoms with Crippen molar-refractivity contribution in [2.75, 3.05) is 0 Å². The standard InChI is InChI=1S/C45H36N2/c1-3-5-13-32(4-2)37-18-11-20-41(29-37)43-31-44(42-21-12-19-39(30-42)33-14-7-6-8-15-33)47-45(46-43)36-25-22-35(23-26-36)40-27-24-34-16-9-10-17-38(34)28-40/h3-30,43H,2,31H2,1H3/b5-3-,32-13+. The summed E-state index contributed by atoms with van der Waals surface area (Å²) < 4.78 is 0. The van der Waals surface area contributed by atoms with Crippen molar-refractivity contribution in [1.82, 2.24) is 0 Å². The van der Waals surface area contributed by atoms with Crippen molar-refractivity contribution < 1.29 is 0 Å². The lowest BCUT2D eigenvalue weighted by molar-refractivity contribution is 0.753. The van der Waals surface area contributed by atoms with E-state index in [-0.39, 0.29) is 6.04 Å². The van der Waals surface area contributed by atoms with Crippen LogP contribution in [0.3, 0.4) is 0 Å². The molecule has 0 saturated heterocycles. The van der Waals surface area contributed by atoms with Crippen molar-refractivity contribution in [3.05, 3.63) is 199 Å². The molecule has 0 aliphatic carbocycles. The van der Waals surface area contributed by atoms with Gasteiger partial charge in [0, 0.05) is 12.0 Å². The number of hydrogen-bond acceptors (Lipinski definition) is 2. The first-order valence-electron chi connectivity index (χ1n) is 16.1. The molecule has 0 aromatic heterocycles. The van der Waals surface area contributed by atoms with Crippen LogP contribution in [0.4, 0.5) is 0 Å². The van der Waals surface area contributed by atoms with Crippen LogP contribution in [0.15, 0.2) is 186 Å². The van der Waals surface area contributed by atoms with E-state index in [1.165, 1.54) is 33.0 Å². The second-order valence-electron chi connectivity index (χ2n) is 11.8. The second-order valence-corrected chi connectivity index (χ2v) is 11.8. The lowest BCUT2D eigenvalue weighted by Crippen LogP contribution is -2.17. The van der Waals surface area contributed by atoms with Gasteiger partial charge in [-0.1, -0.05) is 158 Å². The predicted octanol–water partition coefficient (Wildman–Crippen LogP) is 11.7. The number of rotatable bonds is 8. The molecule has 226 valence electrons. The van der Waals surface area contributed by atoms with Crippen LogP contribution in [-0.4, -0.2) is 11.5 Å². The molecule has 47 heavy (non-hydrogen) atoms. The third kappa shape index (κ3) is 6.59. The molecule has 1 aliphatic rings. The first-order valence-corrected chi connectivity index (χ1v) is 16.1. The minimum absolute atomic E-state index is 0.0780. The molecule has 2 nitrogen and oxygen atoms in total. The monoisotopic (exact) mass is 604 g/mol. The summed E-state index contributed by atoms with van der Waals surface area (Å²) in [5.74, 6) is 0.755. The number of fused-ring (bicyclic) bond motifs is 1. The molecule has 1 heterocycles. The Balaban J connectivity index is 1.28. The predicted molar refractivity (Wildman–Crippen MR) is 201 cm³/mol. The molecule has 0 fully saturated rings. The van der Waals surface area contributed by atoms with Gasteiger partial charge in [-0.25, -0.2) is 4.99 Å². The first kappa shape index (κ1) is 29.8. The topological polar surface area (TPSA) is 24.7 Å². The van der Waals surface area contributed by atoms with Gasteiger partial charge in [-0.15, -0.1) is 0 Å². The van der Waals surface area contributed by atoms with Crippen molar-refractivity contribution in [2.24, 2.45) is 9.98 Å². The van der Waals surface area contributed by atoms with Crippen LogP contribution in [0.5, 0.6) is 0 Å². The van der Waals surface area contributed by atoms with Gasteiger partial charge in [0.1, 0.15) is 0 Å². The highest BCUT2D eigenvalue weighted by Gasteiger charge is 2.23. The highest BCUT2D eigenvalue weighted by atomic mass is 15.0. The van der Waals surface area contributed by atoms with E-state index in [9.17, 15) is 0 Å². The van der Waals surface area contributed by atoms with Gasteiger partial charge in [0.25, 0.3) is 0 Å². The average molecular weight is 605 g/mol. The number of hydrogen-bond donors (Lipinski definition) is 0. The van der Waals surface area contributed by atoms with E-state index < -0.39 is 0 Å². The zero-order valence-corrected chi connectivity index (χ0v) is 26.6. The van der Waals surface area contributed by atoms with Crippen LogP contribution >= 0.6 is 0 Å². The lowest BCUT2D eigenvalue weighted by Gasteiger charge is -2.22. The zero-order chi connectivity index (χ0) is 32.0. The van der Waals surface area contributed by atoms with Crippen LogP contribution in [0.1, 0.15) is 41.6 Å². The summed E-state index contributed by atoms with van der Waals surface area (Å²) in [7, 11) is 0. The smallest absolute Gasteiger partial charge is 0.155 e. The van der Waals surface area contributed by atoms with Gasteiger partial charge in [-0.2, -0.15) is 0 Å². The molecular formula is C45H36N2. The highest BCUT2D eigenvalue weighted by molar-refractivity contribution is 6.14. The molecule has 6 aromatic rings. The van der Waals surface area contributed by atoms with Crippen LogP contribution in [0.25, 0.3) is 38.6 Å². The number of amidine groups is 1. The minimum atomic E-state index is -0.0780. The van der Waals surface area contributed by atoms with E-state index in [1.54, 1.807) is 0 Å². The highest BCUT2D eigenvalue weighted by Crippen LogP contribution is 2.33. The molecule has 0 spiro atoms. The maximum absolute atomic E-state index is 5.28. The van der Waals surface area contributed by atoms with Crippen LogP contribution in [-0.2, 0) is 0 Å². The van der Waals surface area contributed by atoms with E-state index in [0.717, 1.165) is 39.4 Å². The van der Waals surface area contributed by atoms with Gasteiger partial charge in [0.15, 0.2) is 5.84 Å². The Morgan fingerprint density at radius 1 is 0.617 bits per heavy atom. The SMILES string of the molecule is C=C/C(=C\C=C/C)c1cccc(C2CC(c3cccc(-c4ccccc4)c3)=NC(c3ccc(-c4ccc5ccccc5c4)cc3)=N2)c1.